The van der Waals surface area contributed by atoms with Crippen molar-refractivity contribution in [2.45, 2.75) is 6.42 Å². The van der Waals surface area contributed by atoms with Crippen molar-refractivity contribution in [2.24, 2.45) is 0 Å². The highest BCUT2D eigenvalue weighted by atomic mass is 35.5. The van der Waals surface area contributed by atoms with Crippen LogP contribution in [0.25, 0.3) is 0 Å². The van der Waals surface area contributed by atoms with E-state index in [0.29, 0.717) is 12.4 Å². The zero-order chi connectivity index (χ0) is 12.1. The third-order valence-electron chi connectivity index (χ3n) is 2.35. The van der Waals surface area contributed by atoms with Crippen LogP contribution in [0.5, 0.6) is 0 Å². The molecule has 0 amide bonds. The second-order valence-electron chi connectivity index (χ2n) is 3.65. The van der Waals surface area contributed by atoms with Gasteiger partial charge in [0.25, 0.3) is 0 Å². The summed E-state index contributed by atoms with van der Waals surface area (Å²) in [4.78, 5) is 3.72. The van der Waals surface area contributed by atoms with Gasteiger partial charge in [0.1, 0.15) is 5.82 Å². The fourth-order valence-electron chi connectivity index (χ4n) is 1.49. The number of aromatic nitrogens is 1. The lowest BCUT2D eigenvalue weighted by Gasteiger charge is -2.05. The number of benzene rings is 1. The number of hydrogen-bond acceptors (Lipinski definition) is 2. The maximum atomic E-state index is 12.8. The smallest absolute Gasteiger partial charge is 0.214 e. The quantitative estimate of drug-likeness (QED) is 0.840. The lowest BCUT2D eigenvalue weighted by Crippen LogP contribution is -2.06. The van der Waals surface area contributed by atoms with Crippen LogP contribution < -0.4 is 5.32 Å². The van der Waals surface area contributed by atoms with Gasteiger partial charge < -0.3 is 5.32 Å². The van der Waals surface area contributed by atoms with Crippen molar-refractivity contribution in [2.75, 3.05) is 11.9 Å². The molecule has 0 radical (unpaired) electrons. The average Bonchev–Trinajstić information content (AvgIpc) is 2.32. The molecule has 0 aliphatic rings. The molecule has 0 aliphatic carbocycles. The summed E-state index contributed by atoms with van der Waals surface area (Å²) in [5.74, 6) is 0.0838. The van der Waals surface area contributed by atoms with Crippen LogP contribution in [0, 0.1) is 5.95 Å². The van der Waals surface area contributed by atoms with Gasteiger partial charge in [0.05, 0.1) is 0 Å². The topological polar surface area (TPSA) is 24.9 Å². The van der Waals surface area contributed by atoms with Gasteiger partial charge >= 0.3 is 0 Å². The number of pyridine rings is 1. The number of nitrogens with one attached hydrogen (secondary N) is 1. The first kappa shape index (κ1) is 11.9. The molecular weight excluding hydrogens is 239 g/mol. The Bertz CT molecular complexity index is 485. The number of nitrogens with zero attached hydrogens (tertiary/aromatic N) is 1. The maximum absolute atomic E-state index is 12.8. The molecule has 4 heteroatoms. The minimum absolute atomic E-state index is 0.471. The largest absolute Gasteiger partial charge is 0.370 e. The van der Waals surface area contributed by atoms with Crippen molar-refractivity contribution in [1.82, 2.24) is 4.98 Å². The SMILES string of the molecule is Fc1cccc(NCCc2ccc(Cl)cc2)n1. The van der Waals surface area contributed by atoms with Crippen LogP contribution in [0.4, 0.5) is 10.2 Å². The third kappa shape index (κ3) is 3.71. The fraction of sp³-hybridized carbons (Fsp3) is 0.154. The monoisotopic (exact) mass is 250 g/mol. The Morgan fingerprint density at radius 2 is 1.88 bits per heavy atom. The minimum Gasteiger partial charge on any atom is -0.370 e. The molecule has 1 aromatic carbocycles. The maximum Gasteiger partial charge on any atom is 0.214 e. The summed E-state index contributed by atoms with van der Waals surface area (Å²) >= 11 is 5.79. The number of anilines is 1. The standard InChI is InChI=1S/C13H12ClFN2/c14-11-6-4-10(5-7-11)8-9-16-13-3-1-2-12(15)17-13/h1-7H,8-9H2,(H,16,17). The average molecular weight is 251 g/mol. The second kappa shape index (κ2) is 5.64. The molecule has 0 fully saturated rings. The predicted molar refractivity (Wildman–Crippen MR) is 67.8 cm³/mol. The van der Waals surface area contributed by atoms with E-state index < -0.39 is 5.95 Å². The van der Waals surface area contributed by atoms with E-state index in [2.05, 4.69) is 10.3 Å². The molecule has 0 spiro atoms. The number of rotatable bonds is 4. The van der Waals surface area contributed by atoms with Crippen LogP contribution in [0.15, 0.2) is 42.5 Å². The Morgan fingerprint density at radius 1 is 1.12 bits per heavy atom. The van der Waals surface area contributed by atoms with Crippen molar-refractivity contribution >= 4 is 17.4 Å². The van der Waals surface area contributed by atoms with E-state index in [1.807, 2.05) is 24.3 Å². The molecule has 17 heavy (non-hydrogen) atoms. The molecule has 2 rings (SSSR count). The highest BCUT2D eigenvalue weighted by molar-refractivity contribution is 6.30. The Balaban J connectivity index is 1.85. The molecule has 0 atom stereocenters. The second-order valence-corrected chi connectivity index (χ2v) is 4.09. The molecule has 0 aliphatic heterocycles. The molecule has 2 nitrogen and oxygen atoms in total. The van der Waals surface area contributed by atoms with Crippen molar-refractivity contribution in [3.63, 3.8) is 0 Å². The molecule has 1 heterocycles. The highest BCUT2D eigenvalue weighted by Gasteiger charge is 1.97. The summed E-state index contributed by atoms with van der Waals surface area (Å²) in [7, 11) is 0. The summed E-state index contributed by atoms with van der Waals surface area (Å²) in [6, 6.07) is 12.4. The Morgan fingerprint density at radius 3 is 2.59 bits per heavy atom. The number of halogens is 2. The molecule has 88 valence electrons. The summed E-state index contributed by atoms with van der Waals surface area (Å²) in [6.45, 7) is 0.706. The predicted octanol–water partition coefficient (Wildman–Crippen LogP) is 3.53. The van der Waals surface area contributed by atoms with Gasteiger partial charge in [0.2, 0.25) is 5.95 Å². The van der Waals surface area contributed by atoms with E-state index in [1.54, 1.807) is 12.1 Å². The van der Waals surface area contributed by atoms with Crippen LogP contribution in [0.3, 0.4) is 0 Å². The van der Waals surface area contributed by atoms with E-state index in [9.17, 15) is 4.39 Å². The van der Waals surface area contributed by atoms with Gasteiger partial charge in [0, 0.05) is 11.6 Å². The van der Waals surface area contributed by atoms with E-state index >= 15 is 0 Å². The van der Waals surface area contributed by atoms with Gasteiger partial charge in [-0.15, -0.1) is 0 Å². The van der Waals surface area contributed by atoms with Crippen LogP contribution in [0.1, 0.15) is 5.56 Å². The molecule has 1 N–H and O–H groups in total. The van der Waals surface area contributed by atoms with E-state index in [0.717, 1.165) is 11.4 Å². The van der Waals surface area contributed by atoms with Crippen LogP contribution in [-0.4, -0.2) is 11.5 Å². The van der Waals surface area contributed by atoms with Crippen molar-refractivity contribution in [3.05, 3.63) is 59.0 Å². The molecule has 0 saturated heterocycles. The van der Waals surface area contributed by atoms with Crippen molar-refractivity contribution < 1.29 is 4.39 Å². The van der Waals surface area contributed by atoms with Crippen LogP contribution in [-0.2, 0) is 6.42 Å². The van der Waals surface area contributed by atoms with Crippen molar-refractivity contribution in [1.29, 1.82) is 0 Å². The normalized spacial score (nSPS) is 10.2. The molecule has 0 bridgehead atoms. The van der Waals surface area contributed by atoms with Gasteiger partial charge in [-0.2, -0.15) is 4.39 Å². The van der Waals surface area contributed by atoms with Gasteiger partial charge in [-0.1, -0.05) is 29.8 Å². The Hall–Kier alpha value is -1.61. The van der Waals surface area contributed by atoms with E-state index in [-0.39, 0.29) is 0 Å². The highest BCUT2D eigenvalue weighted by Crippen LogP contribution is 2.10. The first-order valence-electron chi connectivity index (χ1n) is 5.35. The summed E-state index contributed by atoms with van der Waals surface area (Å²) < 4.78 is 12.8. The molecular formula is C13H12ClFN2. The lowest BCUT2D eigenvalue weighted by molar-refractivity contribution is 0.585. The molecule has 2 aromatic rings. The first-order valence-corrected chi connectivity index (χ1v) is 5.73. The summed E-state index contributed by atoms with van der Waals surface area (Å²) in [6.07, 6.45) is 0.843. The molecule has 0 unspecified atom stereocenters. The Labute approximate surface area is 104 Å². The van der Waals surface area contributed by atoms with Crippen LogP contribution in [0.2, 0.25) is 5.02 Å². The molecule has 0 saturated carbocycles. The van der Waals surface area contributed by atoms with E-state index in [4.69, 9.17) is 11.6 Å². The van der Waals surface area contributed by atoms with Gasteiger partial charge in [-0.05, 0) is 36.2 Å². The lowest BCUT2D eigenvalue weighted by atomic mass is 10.1. The molecule has 1 aromatic heterocycles. The first-order chi connectivity index (χ1) is 8.24. The minimum atomic E-state index is -0.471. The van der Waals surface area contributed by atoms with Gasteiger partial charge in [-0.25, -0.2) is 4.98 Å². The fourth-order valence-corrected chi connectivity index (χ4v) is 1.62. The van der Waals surface area contributed by atoms with Crippen molar-refractivity contribution in [3.8, 4) is 0 Å². The number of hydrogen-bond donors (Lipinski definition) is 1. The summed E-state index contributed by atoms with van der Waals surface area (Å²) in [5, 5.41) is 3.79. The van der Waals surface area contributed by atoms with Crippen LogP contribution >= 0.6 is 11.6 Å². The Kier molecular flexibility index (Phi) is 3.94. The zero-order valence-corrected chi connectivity index (χ0v) is 9.91. The van der Waals surface area contributed by atoms with E-state index in [1.165, 1.54) is 11.6 Å². The van der Waals surface area contributed by atoms with Gasteiger partial charge in [-0.3, -0.25) is 0 Å². The van der Waals surface area contributed by atoms with Gasteiger partial charge in [0.15, 0.2) is 0 Å². The zero-order valence-electron chi connectivity index (χ0n) is 9.16. The summed E-state index contributed by atoms with van der Waals surface area (Å²) in [5.41, 5.74) is 1.18. The third-order valence-corrected chi connectivity index (χ3v) is 2.60.